The van der Waals surface area contributed by atoms with Crippen LogP contribution in [0.5, 0.6) is 0 Å². The van der Waals surface area contributed by atoms with Crippen LogP contribution in [0.3, 0.4) is 0 Å². The zero-order valence-electron chi connectivity index (χ0n) is 11.5. The number of carbonyl (C=O) groups excluding carboxylic acids is 1. The number of benzene rings is 1. The van der Waals surface area contributed by atoms with Crippen molar-refractivity contribution < 1.29 is 35.5 Å². The van der Waals surface area contributed by atoms with Gasteiger partial charge in [-0.15, -0.1) is 0 Å². The highest BCUT2D eigenvalue weighted by atomic mass is 32.2. The van der Waals surface area contributed by atoms with Gasteiger partial charge in [-0.3, -0.25) is 9.69 Å². The molecular formula is C12H10F4N2O4S. The smallest absolute Gasteiger partial charge is 0.408 e. The van der Waals surface area contributed by atoms with Gasteiger partial charge in [-0.1, -0.05) is 6.07 Å². The van der Waals surface area contributed by atoms with Gasteiger partial charge >= 0.3 is 11.7 Å². The van der Waals surface area contributed by atoms with Crippen LogP contribution < -0.4 is 0 Å². The molecule has 1 aromatic rings. The molecule has 0 aliphatic carbocycles. The number of rotatable bonds is 4. The first-order valence-electron chi connectivity index (χ1n) is 6.06. The second-order valence-electron chi connectivity index (χ2n) is 4.50. The fraction of sp³-hybridized carbons (Fsp3) is 0.333. The van der Waals surface area contributed by atoms with E-state index in [2.05, 4.69) is 4.99 Å². The highest BCUT2D eigenvalue weighted by Gasteiger charge is 2.54. The molecule has 1 amide bonds. The molecule has 0 atom stereocenters. The van der Waals surface area contributed by atoms with Gasteiger partial charge in [0.05, 0.1) is 10.6 Å². The van der Waals surface area contributed by atoms with E-state index in [4.69, 9.17) is 4.74 Å². The highest BCUT2D eigenvalue weighted by molar-refractivity contribution is 7.92. The maximum absolute atomic E-state index is 13.2. The van der Waals surface area contributed by atoms with E-state index in [1.54, 1.807) is 0 Å². The lowest BCUT2D eigenvalue weighted by atomic mass is 10.3. The molecular weight excluding hydrogens is 344 g/mol. The maximum Gasteiger partial charge on any atom is 0.408 e. The fourth-order valence-electron chi connectivity index (χ4n) is 1.64. The van der Waals surface area contributed by atoms with E-state index >= 15 is 0 Å². The van der Waals surface area contributed by atoms with Crippen LogP contribution in [-0.4, -0.2) is 50.6 Å². The number of aliphatic imine (C=N–C) groups is 1. The van der Waals surface area contributed by atoms with Crippen LogP contribution in [0.25, 0.3) is 0 Å². The molecule has 1 aliphatic heterocycles. The number of carbonyl (C=O) groups is 1. The Kier molecular flexibility index (Phi) is 4.33. The summed E-state index contributed by atoms with van der Waals surface area (Å²) in [5.41, 5.74) is -0.146. The normalized spacial score (nSPS) is 17.9. The van der Waals surface area contributed by atoms with E-state index in [-0.39, 0.29) is 18.3 Å². The number of hydrogen-bond donors (Lipinski definition) is 0. The lowest BCUT2D eigenvalue weighted by molar-refractivity contribution is -0.124. The molecule has 2 rings (SSSR count). The van der Waals surface area contributed by atoms with Gasteiger partial charge in [-0.2, -0.15) is 13.8 Å². The van der Waals surface area contributed by atoms with Crippen molar-refractivity contribution in [2.45, 2.75) is 16.6 Å². The van der Waals surface area contributed by atoms with E-state index in [0.717, 1.165) is 17.0 Å². The summed E-state index contributed by atoms with van der Waals surface area (Å²) < 4.78 is 79.2. The van der Waals surface area contributed by atoms with E-state index in [1.165, 1.54) is 13.1 Å². The molecule has 1 saturated heterocycles. The molecule has 0 unspecified atom stereocenters. The van der Waals surface area contributed by atoms with Crippen molar-refractivity contribution in [2.75, 3.05) is 13.7 Å². The number of alkyl halides is 4. The van der Waals surface area contributed by atoms with Crippen LogP contribution in [0, 0.1) is 0 Å². The quantitative estimate of drug-likeness (QED) is 0.773. The van der Waals surface area contributed by atoms with Crippen molar-refractivity contribution >= 4 is 27.5 Å². The molecule has 1 aromatic carbocycles. The molecule has 1 heterocycles. The molecule has 11 heteroatoms. The van der Waals surface area contributed by atoms with Crippen LogP contribution in [0.1, 0.15) is 0 Å². The number of amides is 1. The Labute approximate surface area is 128 Å². The Balaban J connectivity index is 2.42. The summed E-state index contributed by atoms with van der Waals surface area (Å²) in [6.07, 6.45) is -4.37. The molecule has 0 bridgehead atoms. The maximum atomic E-state index is 13.2. The van der Waals surface area contributed by atoms with Crippen molar-refractivity contribution in [3.05, 3.63) is 24.3 Å². The Bertz CT molecular complexity index is 764. The molecule has 1 aliphatic rings. The second-order valence-corrected chi connectivity index (χ2v) is 6.52. The van der Waals surface area contributed by atoms with Gasteiger partial charge in [-0.05, 0) is 18.2 Å². The summed E-state index contributed by atoms with van der Waals surface area (Å²) >= 11 is 0. The Morgan fingerprint density at radius 1 is 1.35 bits per heavy atom. The Hall–Kier alpha value is -2.17. The summed E-state index contributed by atoms with van der Waals surface area (Å²) in [6.45, 7) is -0.267. The molecule has 23 heavy (non-hydrogen) atoms. The third-order valence-corrected chi connectivity index (χ3v) is 4.72. The van der Waals surface area contributed by atoms with Crippen LogP contribution in [0.4, 0.5) is 23.2 Å². The minimum atomic E-state index is -5.59. The number of nitrogens with zero attached hydrogens (tertiary/aromatic N) is 2. The average Bonchev–Trinajstić information content (AvgIpc) is 2.79. The summed E-state index contributed by atoms with van der Waals surface area (Å²) in [6, 6.07) is 3.58. The summed E-state index contributed by atoms with van der Waals surface area (Å²) in [4.78, 5) is 15.1. The summed E-state index contributed by atoms with van der Waals surface area (Å²) in [5.74, 6) is -0.406. The van der Waals surface area contributed by atoms with Crippen molar-refractivity contribution in [1.82, 2.24) is 4.90 Å². The fourth-order valence-corrected chi connectivity index (χ4v) is 2.72. The zero-order chi connectivity index (χ0) is 17.4. The number of likely N-dealkylation sites (N-methyl/N-ethyl adjacent to an activating group) is 1. The van der Waals surface area contributed by atoms with Gasteiger partial charge < -0.3 is 4.74 Å². The van der Waals surface area contributed by atoms with Gasteiger partial charge in [0.2, 0.25) is 9.84 Å². The predicted molar refractivity (Wildman–Crippen MR) is 70.4 cm³/mol. The second kappa shape index (κ2) is 5.80. The first-order valence-corrected chi connectivity index (χ1v) is 7.54. The third kappa shape index (κ3) is 3.00. The summed E-state index contributed by atoms with van der Waals surface area (Å²) in [7, 11) is -4.25. The Morgan fingerprint density at radius 3 is 2.52 bits per heavy atom. The monoisotopic (exact) mass is 354 g/mol. The van der Waals surface area contributed by atoms with E-state index < -0.39 is 32.3 Å². The van der Waals surface area contributed by atoms with Gasteiger partial charge in [-0.25, -0.2) is 17.2 Å². The lowest BCUT2D eigenvalue weighted by Gasteiger charge is -2.16. The SMILES string of the molecule is CN1C(=O)COC1=Nc1cccc(S(=O)(=O)C(F)(F)C(F)F)c1. The molecule has 0 spiro atoms. The standard InChI is InChI=1S/C12H10F4N2O4S/c1-18-9(19)6-22-11(18)17-7-3-2-4-8(5-7)23(20,21)12(15,16)10(13)14/h2-5,10H,6H2,1H3. The number of sulfone groups is 1. The zero-order valence-corrected chi connectivity index (χ0v) is 12.4. The minimum Gasteiger partial charge on any atom is -0.454 e. The molecule has 126 valence electrons. The van der Waals surface area contributed by atoms with Gasteiger partial charge in [0, 0.05) is 7.05 Å². The Morgan fingerprint density at radius 2 is 2.00 bits per heavy atom. The average molecular weight is 354 g/mol. The van der Waals surface area contributed by atoms with E-state index in [9.17, 15) is 30.8 Å². The predicted octanol–water partition coefficient (Wildman–Crippen LogP) is 1.79. The van der Waals surface area contributed by atoms with Crippen LogP contribution in [-0.2, 0) is 19.4 Å². The van der Waals surface area contributed by atoms with E-state index in [1.807, 2.05) is 0 Å². The highest BCUT2D eigenvalue weighted by Crippen LogP contribution is 2.35. The first-order chi connectivity index (χ1) is 10.6. The molecule has 6 nitrogen and oxygen atoms in total. The number of hydrogen-bond acceptors (Lipinski definition) is 5. The number of amidine groups is 1. The lowest BCUT2D eigenvalue weighted by Crippen LogP contribution is -2.36. The summed E-state index contributed by atoms with van der Waals surface area (Å²) in [5, 5.41) is -5.23. The van der Waals surface area contributed by atoms with Crippen LogP contribution in [0.15, 0.2) is 34.2 Å². The van der Waals surface area contributed by atoms with Crippen molar-refractivity contribution in [3.8, 4) is 0 Å². The van der Waals surface area contributed by atoms with Crippen LogP contribution >= 0.6 is 0 Å². The molecule has 0 saturated carbocycles. The van der Waals surface area contributed by atoms with Gasteiger partial charge in [0.25, 0.3) is 11.9 Å². The first kappa shape index (κ1) is 17.2. The van der Waals surface area contributed by atoms with E-state index in [0.29, 0.717) is 6.07 Å². The van der Waals surface area contributed by atoms with Gasteiger partial charge in [0.15, 0.2) is 6.61 Å². The number of halogens is 4. The minimum absolute atomic E-state index is 0.146. The van der Waals surface area contributed by atoms with Gasteiger partial charge in [0.1, 0.15) is 0 Å². The molecule has 1 fully saturated rings. The third-order valence-electron chi connectivity index (χ3n) is 2.95. The molecule has 0 N–H and O–H groups in total. The molecule has 0 aromatic heterocycles. The largest absolute Gasteiger partial charge is 0.454 e. The molecule has 0 radical (unpaired) electrons. The topological polar surface area (TPSA) is 76.0 Å². The van der Waals surface area contributed by atoms with Crippen molar-refractivity contribution in [2.24, 2.45) is 4.99 Å². The van der Waals surface area contributed by atoms with Crippen molar-refractivity contribution in [1.29, 1.82) is 0 Å². The van der Waals surface area contributed by atoms with Crippen LogP contribution in [0.2, 0.25) is 0 Å². The van der Waals surface area contributed by atoms with Crippen molar-refractivity contribution in [3.63, 3.8) is 0 Å². The number of ether oxygens (including phenoxy) is 1.